The van der Waals surface area contributed by atoms with E-state index < -0.39 is 11.9 Å². The van der Waals surface area contributed by atoms with Crippen molar-refractivity contribution in [3.8, 4) is 0 Å². The van der Waals surface area contributed by atoms with Crippen LogP contribution >= 0.6 is 0 Å². The van der Waals surface area contributed by atoms with Gasteiger partial charge >= 0.3 is 11.9 Å². The number of carbonyl (C=O) groups is 2. The minimum absolute atomic E-state index is 0.264. The van der Waals surface area contributed by atoms with Crippen molar-refractivity contribution >= 4 is 11.9 Å². The van der Waals surface area contributed by atoms with Gasteiger partial charge in [0.2, 0.25) is 0 Å². The van der Waals surface area contributed by atoms with Crippen molar-refractivity contribution in [2.75, 3.05) is 13.2 Å². The largest absolute Gasteiger partial charge is 0.462 e. The number of rotatable bonds is 6. The second-order valence-electron chi connectivity index (χ2n) is 6.15. The second kappa shape index (κ2) is 8.65. The molecule has 21 heavy (non-hydrogen) atoms. The molecule has 4 heteroatoms. The normalized spacial score (nSPS) is 15.3. The Kier molecular flexibility index (Phi) is 7.20. The molecule has 0 radical (unpaired) electrons. The summed E-state index contributed by atoms with van der Waals surface area (Å²) in [6.07, 6.45) is 6.03. The Balaban J connectivity index is 2.79. The third-order valence-corrected chi connectivity index (χ3v) is 2.93. The van der Waals surface area contributed by atoms with E-state index in [2.05, 4.69) is 0 Å². The SMILES string of the molecule is CC(C)COC(=O)C1=CCCCC=C1C(=O)OCC(C)C. The van der Waals surface area contributed by atoms with Gasteiger partial charge in [-0.15, -0.1) is 0 Å². The van der Waals surface area contributed by atoms with Gasteiger partial charge in [0.15, 0.2) is 0 Å². The molecule has 1 rings (SSSR count). The summed E-state index contributed by atoms with van der Waals surface area (Å²) < 4.78 is 10.5. The third kappa shape index (κ3) is 6.15. The smallest absolute Gasteiger partial charge is 0.338 e. The van der Waals surface area contributed by atoms with E-state index in [1.54, 1.807) is 12.2 Å². The van der Waals surface area contributed by atoms with Crippen LogP contribution in [0.3, 0.4) is 0 Å². The summed E-state index contributed by atoms with van der Waals surface area (Å²) in [7, 11) is 0. The standard InChI is InChI=1S/C17H26O4/c1-12(2)10-20-16(18)14-8-6-5-7-9-15(14)17(19)21-11-13(3)4/h8-9,12-13H,5-7,10-11H2,1-4H3. The molecule has 0 unspecified atom stereocenters. The molecule has 0 fully saturated rings. The van der Waals surface area contributed by atoms with Crippen LogP contribution < -0.4 is 0 Å². The summed E-state index contributed by atoms with van der Waals surface area (Å²) in [6, 6.07) is 0. The maximum absolute atomic E-state index is 12.2. The highest BCUT2D eigenvalue weighted by atomic mass is 16.5. The van der Waals surface area contributed by atoms with Gasteiger partial charge in [-0.25, -0.2) is 9.59 Å². The van der Waals surface area contributed by atoms with E-state index in [0.29, 0.717) is 24.4 Å². The fraction of sp³-hybridized carbons (Fsp3) is 0.647. The van der Waals surface area contributed by atoms with E-state index in [1.807, 2.05) is 27.7 Å². The maximum Gasteiger partial charge on any atom is 0.338 e. The van der Waals surface area contributed by atoms with Gasteiger partial charge in [0, 0.05) is 0 Å². The summed E-state index contributed by atoms with van der Waals surface area (Å²) in [5.74, 6) is -0.335. The summed E-state index contributed by atoms with van der Waals surface area (Å²) in [6.45, 7) is 8.60. The molecule has 0 saturated carbocycles. The lowest BCUT2D eigenvalue weighted by molar-refractivity contribution is -0.143. The molecule has 1 aliphatic carbocycles. The quantitative estimate of drug-likeness (QED) is 0.704. The molecule has 1 aliphatic rings. The number of esters is 2. The Labute approximate surface area is 127 Å². The van der Waals surface area contributed by atoms with E-state index in [4.69, 9.17) is 9.47 Å². The van der Waals surface area contributed by atoms with Crippen LogP contribution in [0.5, 0.6) is 0 Å². The molecule has 0 aromatic heterocycles. The van der Waals surface area contributed by atoms with Gasteiger partial charge in [0.25, 0.3) is 0 Å². The van der Waals surface area contributed by atoms with Gasteiger partial charge in [0.1, 0.15) is 0 Å². The molecule has 118 valence electrons. The molecule has 0 heterocycles. The van der Waals surface area contributed by atoms with Crippen LogP contribution in [0.1, 0.15) is 47.0 Å². The number of carbonyl (C=O) groups excluding carboxylic acids is 2. The minimum atomic E-state index is -0.432. The second-order valence-corrected chi connectivity index (χ2v) is 6.15. The predicted molar refractivity (Wildman–Crippen MR) is 81.6 cm³/mol. The first-order chi connectivity index (χ1) is 9.91. The van der Waals surface area contributed by atoms with Crippen molar-refractivity contribution in [2.24, 2.45) is 11.8 Å². The molecule has 0 aromatic rings. The monoisotopic (exact) mass is 294 g/mol. The Hall–Kier alpha value is -1.58. The molecule has 0 spiro atoms. The van der Waals surface area contributed by atoms with Crippen molar-refractivity contribution in [3.63, 3.8) is 0 Å². The maximum atomic E-state index is 12.2. The van der Waals surface area contributed by atoms with Gasteiger partial charge in [-0.3, -0.25) is 0 Å². The van der Waals surface area contributed by atoms with E-state index in [-0.39, 0.29) is 11.8 Å². The topological polar surface area (TPSA) is 52.6 Å². The molecule has 0 N–H and O–H groups in total. The van der Waals surface area contributed by atoms with Gasteiger partial charge in [-0.05, 0) is 31.1 Å². The van der Waals surface area contributed by atoms with Gasteiger partial charge in [-0.1, -0.05) is 39.8 Å². The van der Waals surface area contributed by atoms with E-state index in [9.17, 15) is 9.59 Å². The molecule has 0 bridgehead atoms. The predicted octanol–water partition coefficient (Wildman–Crippen LogP) is 3.42. The van der Waals surface area contributed by atoms with Crippen LogP contribution in [0.4, 0.5) is 0 Å². The highest BCUT2D eigenvalue weighted by Crippen LogP contribution is 2.21. The number of allylic oxidation sites excluding steroid dienone is 2. The van der Waals surface area contributed by atoms with E-state index in [0.717, 1.165) is 19.3 Å². The zero-order valence-electron chi connectivity index (χ0n) is 13.5. The zero-order valence-corrected chi connectivity index (χ0v) is 13.5. The number of hydrogen-bond acceptors (Lipinski definition) is 4. The molecule has 4 nitrogen and oxygen atoms in total. The summed E-state index contributed by atoms with van der Waals surface area (Å²) in [4.78, 5) is 24.3. The van der Waals surface area contributed by atoms with Crippen LogP contribution in [0.2, 0.25) is 0 Å². The summed E-state index contributed by atoms with van der Waals surface area (Å²) in [5.41, 5.74) is 0.698. The van der Waals surface area contributed by atoms with Crippen LogP contribution in [0.15, 0.2) is 23.3 Å². The average Bonchev–Trinajstić information content (AvgIpc) is 2.67. The molecule has 0 amide bonds. The van der Waals surface area contributed by atoms with Crippen molar-refractivity contribution in [2.45, 2.75) is 47.0 Å². The minimum Gasteiger partial charge on any atom is -0.462 e. The third-order valence-electron chi connectivity index (χ3n) is 2.93. The Morgan fingerprint density at radius 1 is 0.905 bits per heavy atom. The van der Waals surface area contributed by atoms with Crippen molar-refractivity contribution in [3.05, 3.63) is 23.3 Å². The summed E-state index contributed by atoms with van der Waals surface area (Å²) >= 11 is 0. The molecule has 0 atom stereocenters. The van der Waals surface area contributed by atoms with Gasteiger partial charge in [-0.2, -0.15) is 0 Å². The van der Waals surface area contributed by atoms with Crippen molar-refractivity contribution in [1.29, 1.82) is 0 Å². The van der Waals surface area contributed by atoms with Crippen LogP contribution in [0, 0.1) is 11.8 Å². The van der Waals surface area contributed by atoms with Crippen LogP contribution in [0.25, 0.3) is 0 Å². The lowest BCUT2D eigenvalue weighted by atomic mass is 10.1. The Morgan fingerprint density at radius 3 is 1.62 bits per heavy atom. The fourth-order valence-corrected chi connectivity index (χ4v) is 1.86. The van der Waals surface area contributed by atoms with Crippen molar-refractivity contribution in [1.82, 2.24) is 0 Å². The highest BCUT2D eigenvalue weighted by molar-refractivity contribution is 6.07. The van der Waals surface area contributed by atoms with Crippen molar-refractivity contribution < 1.29 is 19.1 Å². The lowest BCUT2D eigenvalue weighted by Gasteiger charge is -2.13. The molecule has 0 saturated heterocycles. The summed E-state index contributed by atoms with van der Waals surface area (Å²) in [5, 5.41) is 0. The molecule has 0 aliphatic heterocycles. The average molecular weight is 294 g/mol. The zero-order chi connectivity index (χ0) is 15.8. The first-order valence-corrected chi connectivity index (χ1v) is 7.66. The fourth-order valence-electron chi connectivity index (χ4n) is 1.86. The Morgan fingerprint density at radius 2 is 1.29 bits per heavy atom. The number of ether oxygens (including phenoxy) is 2. The first-order valence-electron chi connectivity index (χ1n) is 7.66. The van der Waals surface area contributed by atoms with Gasteiger partial charge < -0.3 is 9.47 Å². The van der Waals surface area contributed by atoms with Crippen LogP contribution in [-0.2, 0) is 19.1 Å². The first kappa shape index (κ1) is 17.5. The molecule has 0 aromatic carbocycles. The lowest BCUT2D eigenvalue weighted by Crippen LogP contribution is -2.19. The van der Waals surface area contributed by atoms with Gasteiger partial charge in [0.05, 0.1) is 24.4 Å². The van der Waals surface area contributed by atoms with E-state index in [1.165, 1.54) is 0 Å². The Bertz CT molecular complexity index is 390. The van der Waals surface area contributed by atoms with E-state index >= 15 is 0 Å². The molecular weight excluding hydrogens is 268 g/mol. The molecular formula is C17H26O4. The highest BCUT2D eigenvalue weighted by Gasteiger charge is 2.24. The van der Waals surface area contributed by atoms with Crippen LogP contribution in [-0.4, -0.2) is 25.2 Å². The number of hydrogen-bond donors (Lipinski definition) is 0.